The summed E-state index contributed by atoms with van der Waals surface area (Å²) in [5, 5.41) is 13.0. The SMILES string of the molecule is CC(C)Oc1ccc(C(O)CNC(=O)C2CC2c2ccco2)cc1. The second-order valence-corrected chi connectivity index (χ2v) is 6.46. The maximum atomic E-state index is 12.1. The molecule has 0 aliphatic heterocycles. The van der Waals surface area contributed by atoms with Crippen molar-refractivity contribution in [2.75, 3.05) is 6.54 Å². The smallest absolute Gasteiger partial charge is 0.223 e. The first-order chi connectivity index (χ1) is 11.5. The molecule has 5 nitrogen and oxygen atoms in total. The van der Waals surface area contributed by atoms with E-state index in [9.17, 15) is 9.90 Å². The standard InChI is InChI=1S/C19H23NO4/c1-12(2)24-14-7-5-13(6-8-14)17(21)11-20-19(22)16-10-15(16)18-4-3-9-23-18/h3-9,12,15-17,21H,10-11H2,1-2H3,(H,20,22). The number of hydrogen-bond donors (Lipinski definition) is 2. The lowest BCUT2D eigenvalue weighted by atomic mass is 10.1. The Labute approximate surface area is 141 Å². The molecule has 1 aromatic carbocycles. The highest BCUT2D eigenvalue weighted by Crippen LogP contribution is 2.47. The molecule has 1 saturated carbocycles. The molecule has 0 bridgehead atoms. The Morgan fingerprint density at radius 1 is 1.33 bits per heavy atom. The van der Waals surface area contributed by atoms with Crippen molar-refractivity contribution in [1.29, 1.82) is 0 Å². The molecule has 24 heavy (non-hydrogen) atoms. The van der Waals surface area contributed by atoms with Gasteiger partial charge in [-0.15, -0.1) is 0 Å². The van der Waals surface area contributed by atoms with Crippen LogP contribution in [0.15, 0.2) is 47.1 Å². The number of rotatable bonds is 7. The van der Waals surface area contributed by atoms with Gasteiger partial charge in [-0.25, -0.2) is 0 Å². The molecule has 3 rings (SSSR count). The Kier molecular flexibility index (Phi) is 4.90. The molecule has 3 unspecified atom stereocenters. The number of aliphatic hydroxyl groups is 1. The molecule has 1 aliphatic rings. The van der Waals surface area contributed by atoms with E-state index < -0.39 is 6.10 Å². The largest absolute Gasteiger partial charge is 0.491 e. The number of benzene rings is 1. The minimum atomic E-state index is -0.733. The summed E-state index contributed by atoms with van der Waals surface area (Å²) in [6.45, 7) is 4.13. The van der Waals surface area contributed by atoms with Crippen LogP contribution in [0.1, 0.15) is 43.6 Å². The number of hydrogen-bond acceptors (Lipinski definition) is 4. The summed E-state index contributed by atoms with van der Waals surface area (Å²) in [6.07, 6.45) is 1.80. The van der Waals surface area contributed by atoms with Gasteiger partial charge in [0.25, 0.3) is 0 Å². The highest BCUT2D eigenvalue weighted by atomic mass is 16.5. The molecule has 1 fully saturated rings. The highest BCUT2D eigenvalue weighted by molar-refractivity contribution is 5.82. The molecule has 128 valence electrons. The number of amides is 1. The molecular formula is C19H23NO4. The molecule has 0 radical (unpaired) electrons. The average molecular weight is 329 g/mol. The second-order valence-electron chi connectivity index (χ2n) is 6.46. The van der Waals surface area contributed by atoms with Crippen molar-refractivity contribution in [2.45, 2.75) is 38.4 Å². The van der Waals surface area contributed by atoms with Gasteiger partial charge in [-0.2, -0.15) is 0 Å². The van der Waals surface area contributed by atoms with E-state index in [-0.39, 0.29) is 30.4 Å². The summed E-state index contributed by atoms with van der Waals surface area (Å²) < 4.78 is 10.9. The third-order valence-electron chi connectivity index (χ3n) is 4.14. The molecule has 1 aromatic heterocycles. The van der Waals surface area contributed by atoms with Crippen LogP contribution in [0.3, 0.4) is 0 Å². The van der Waals surface area contributed by atoms with Crippen molar-refractivity contribution in [2.24, 2.45) is 5.92 Å². The van der Waals surface area contributed by atoms with Crippen LogP contribution < -0.4 is 10.1 Å². The molecular weight excluding hydrogens is 306 g/mol. The monoisotopic (exact) mass is 329 g/mol. The third-order valence-corrected chi connectivity index (χ3v) is 4.14. The van der Waals surface area contributed by atoms with Gasteiger partial charge in [-0.1, -0.05) is 12.1 Å². The first-order valence-corrected chi connectivity index (χ1v) is 8.30. The average Bonchev–Trinajstić information content (AvgIpc) is 3.18. The lowest BCUT2D eigenvalue weighted by molar-refractivity contribution is -0.122. The molecule has 0 spiro atoms. The van der Waals surface area contributed by atoms with Gasteiger partial charge in [-0.3, -0.25) is 4.79 Å². The summed E-state index contributed by atoms with van der Waals surface area (Å²) in [4.78, 5) is 12.1. The van der Waals surface area contributed by atoms with E-state index in [0.29, 0.717) is 0 Å². The van der Waals surface area contributed by atoms with E-state index in [0.717, 1.165) is 23.5 Å². The first kappa shape index (κ1) is 16.6. The highest BCUT2D eigenvalue weighted by Gasteiger charge is 2.45. The van der Waals surface area contributed by atoms with Crippen LogP contribution in [0.4, 0.5) is 0 Å². The van der Waals surface area contributed by atoms with Gasteiger partial charge in [0.1, 0.15) is 11.5 Å². The van der Waals surface area contributed by atoms with Gasteiger partial charge in [0.2, 0.25) is 5.91 Å². The Balaban J connectivity index is 1.47. The second kappa shape index (κ2) is 7.09. The molecule has 2 aromatic rings. The molecule has 5 heteroatoms. The fourth-order valence-corrected chi connectivity index (χ4v) is 2.79. The van der Waals surface area contributed by atoms with Gasteiger partial charge < -0.3 is 19.6 Å². The molecule has 1 amide bonds. The summed E-state index contributed by atoms with van der Waals surface area (Å²) in [6, 6.07) is 11.0. The number of carbonyl (C=O) groups excluding carboxylic acids is 1. The summed E-state index contributed by atoms with van der Waals surface area (Å²) in [7, 11) is 0. The van der Waals surface area contributed by atoms with Crippen molar-refractivity contribution in [3.8, 4) is 5.75 Å². The topological polar surface area (TPSA) is 71.7 Å². The Hall–Kier alpha value is -2.27. The van der Waals surface area contributed by atoms with Gasteiger partial charge in [-0.05, 0) is 50.1 Å². The first-order valence-electron chi connectivity index (χ1n) is 8.30. The van der Waals surface area contributed by atoms with Crippen molar-refractivity contribution < 1.29 is 19.1 Å². The maximum Gasteiger partial charge on any atom is 0.223 e. The predicted octanol–water partition coefficient (Wildman–Crippen LogP) is 3.02. The van der Waals surface area contributed by atoms with E-state index in [2.05, 4.69) is 5.32 Å². The van der Waals surface area contributed by atoms with E-state index in [1.165, 1.54) is 0 Å². The van der Waals surface area contributed by atoms with Gasteiger partial charge >= 0.3 is 0 Å². The zero-order valence-corrected chi connectivity index (χ0v) is 13.9. The summed E-state index contributed by atoms with van der Waals surface area (Å²) in [5.41, 5.74) is 0.754. The van der Waals surface area contributed by atoms with Gasteiger partial charge in [0, 0.05) is 18.4 Å². The molecule has 2 N–H and O–H groups in total. The fraction of sp³-hybridized carbons (Fsp3) is 0.421. The number of ether oxygens (including phenoxy) is 1. The molecule has 3 atom stereocenters. The van der Waals surface area contributed by atoms with Crippen LogP contribution in [0.2, 0.25) is 0 Å². The van der Waals surface area contributed by atoms with Crippen LogP contribution in [-0.2, 0) is 4.79 Å². The van der Waals surface area contributed by atoms with Crippen LogP contribution >= 0.6 is 0 Å². The summed E-state index contributed by atoms with van der Waals surface area (Å²) in [5.74, 6) is 1.71. The van der Waals surface area contributed by atoms with Crippen molar-refractivity contribution >= 4 is 5.91 Å². The fourth-order valence-electron chi connectivity index (χ4n) is 2.79. The number of aliphatic hydroxyl groups excluding tert-OH is 1. The van der Waals surface area contributed by atoms with E-state index >= 15 is 0 Å². The Bertz CT molecular complexity index is 663. The van der Waals surface area contributed by atoms with Crippen molar-refractivity contribution in [3.63, 3.8) is 0 Å². The van der Waals surface area contributed by atoms with E-state index in [1.54, 1.807) is 6.26 Å². The zero-order valence-electron chi connectivity index (χ0n) is 13.9. The Morgan fingerprint density at radius 3 is 2.71 bits per heavy atom. The van der Waals surface area contributed by atoms with Crippen molar-refractivity contribution in [1.82, 2.24) is 5.32 Å². The van der Waals surface area contributed by atoms with Crippen LogP contribution in [0.5, 0.6) is 5.75 Å². The lowest BCUT2D eigenvalue weighted by Crippen LogP contribution is -2.30. The number of nitrogens with one attached hydrogen (secondary N) is 1. The molecule has 1 aliphatic carbocycles. The Morgan fingerprint density at radius 2 is 2.08 bits per heavy atom. The summed E-state index contributed by atoms with van der Waals surface area (Å²) >= 11 is 0. The van der Waals surface area contributed by atoms with Crippen molar-refractivity contribution in [3.05, 3.63) is 54.0 Å². The minimum absolute atomic E-state index is 0.0322. The third kappa shape index (κ3) is 3.97. The normalized spacial score (nSPS) is 20.7. The maximum absolute atomic E-state index is 12.1. The van der Waals surface area contributed by atoms with Gasteiger partial charge in [0.15, 0.2) is 0 Å². The van der Waals surface area contributed by atoms with Crippen LogP contribution in [0, 0.1) is 5.92 Å². The number of carbonyl (C=O) groups is 1. The quantitative estimate of drug-likeness (QED) is 0.819. The van der Waals surface area contributed by atoms with Crippen LogP contribution in [0.25, 0.3) is 0 Å². The van der Waals surface area contributed by atoms with Gasteiger partial charge in [0.05, 0.1) is 18.5 Å². The zero-order chi connectivity index (χ0) is 17.1. The number of furan rings is 1. The van der Waals surface area contributed by atoms with E-state index in [4.69, 9.17) is 9.15 Å². The predicted molar refractivity (Wildman–Crippen MR) is 89.7 cm³/mol. The molecule has 0 saturated heterocycles. The molecule has 1 heterocycles. The van der Waals surface area contributed by atoms with Crippen LogP contribution in [-0.4, -0.2) is 23.7 Å². The minimum Gasteiger partial charge on any atom is -0.491 e. The lowest BCUT2D eigenvalue weighted by Gasteiger charge is -2.14. The van der Waals surface area contributed by atoms with E-state index in [1.807, 2.05) is 50.2 Å².